The first-order valence-corrected chi connectivity index (χ1v) is 22.0. The van der Waals surface area contributed by atoms with Gasteiger partial charge in [0.25, 0.3) is 5.91 Å². The topological polar surface area (TPSA) is 193 Å². The van der Waals surface area contributed by atoms with Crippen molar-refractivity contribution in [1.29, 1.82) is 0 Å². The van der Waals surface area contributed by atoms with Gasteiger partial charge in [0.05, 0.1) is 56.2 Å². The zero-order valence-electron chi connectivity index (χ0n) is 36.7. The van der Waals surface area contributed by atoms with Crippen molar-refractivity contribution >= 4 is 24.0 Å². The lowest BCUT2D eigenvalue weighted by Gasteiger charge is -2.30. The molecule has 5 heterocycles. The minimum absolute atomic E-state index is 0.0772. The number of alkyl carbamates (subject to hydrolysis) is 2. The molecule has 9 rings (SSSR count). The smallest absolute Gasteiger partial charge is 0.407 e. The third kappa shape index (κ3) is 8.06. The lowest BCUT2D eigenvalue weighted by molar-refractivity contribution is -0.136. The van der Waals surface area contributed by atoms with E-state index in [9.17, 15) is 19.2 Å². The van der Waals surface area contributed by atoms with E-state index in [1.165, 1.54) is 19.8 Å². The predicted molar refractivity (Wildman–Crippen MR) is 236 cm³/mol. The molecule has 334 valence electrons. The average molecular weight is 871 g/mol. The quantitative estimate of drug-likeness (QED) is 0.110. The highest BCUT2D eigenvalue weighted by Gasteiger charge is 2.42. The van der Waals surface area contributed by atoms with Crippen LogP contribution in [0.1, 0.15) is 85.3 Å². The van der Waals surface area contributed by atoms with Gasteiger partial charge in [-0.1, -0.05) is 56.3 Å². The fraction of sp³-hybridized carbons (Fsp3) is 0.417. The van der Waals surface area contributed by atoms with Crippen molar-refractivity contribution in [3.05, 3.63) is 101 Å². The van der Waals surface area contributed by atoms with E-state index in [2.05, 4.69) is 50.9 Å². The second-order valence-electron chi connectivity index (χ2n) is 17.4. The number of methoxy groups -OCH3 is 3. The normalized spacial score (nSPS) is 19.4. The fourth-order valence-corrected chi connectivity index (χ4v) is 9.84. The van der Waals surface area contributed by atoms with Gasteiger partial charge in [0.1, 0.15) is 36.1 Å². The second kappa shape index (κ2) is 17.8. The first kappa shape index (κ1) is 42.6. The minimum atomic E-state index is -0.940. The van der Waals surface area contributed by atoms with Crippen LogP contribution in [-0.4, -0.2) is 101 Å². The molecule has 1 aliphatic carbocycles. The van der Waals surface area contributed by atoms with Gasteiger partial charge in [0.2, 0.25) is 5.91 Å². The Morgan fingerprint density at radius 3 is 2.41 bits per heavy atom. The predicted octanol–water partition coefficient (Wildman–Crippen LogP) is 6.80. The summed E-state index contributed by atoms with van der Waals surface area (Å²) >= 11 is 0. The number of nitrogens with zero attached hydrogens (tertiary/aromatic N) is 4. The number of hydrogen-bond acceptors (Lipinski definition) is 10. The Bertz CT molecular complexity index is 2570. The summed E-state index contributed by atoms with van der Waals surface area (Å²) < 4.78 is 21.7. The molecule has 4 N–H and O–H groups in total. The maximum atomic E-state index is 14.4. The molecule has 0 radical (unpaired) electrons. The van der Waals surface area contributed by atoms with E-state index in [4.69, 9.17) is 28.9 Å². The van der Waals surface area contributed by atoms with Crippen molar-refractivity contribution in [2.75, 3.05) is 41.0 Å². The molecule has 4 amide bonds. The highest BCUT2D eigenvalue weighted by molar-refractivity contribution is 5.88. The van der Waals surface area contributed by atoms with Crippen molar-refractivity contribution < 1.29 is 38.1 Å². The summed E-state index contributed by atoms with van der Waals surface area (Å²) in [5.74, 6) is 1.77. The van der Waals surface area contributed by atoms with Crippen LogP contribution in [0.4, 0.5) is 9.59 Å². The van der Waals surface area contributed by atoms with E-state index in [-0.39, 0.29) is 35.7 Å². The van der Waals surface area contributed by atoms with E-state index in [0.29, 0.717) is 49.9 Å². The van der Waals surface area contributed by atoms with Crippen molar-refractivity contribution in [1.82, 2.24) is 40.4 Å². The average Bonchev–Trinajstić information content (AvgIpc) is 4.15. The number of H-pyrrole nitrogens is 2. The van der Waals surface area contributed by atoms with Crippen LogP contribution < -0.4 is 15.4 Å². The third-order valence-electron chi connectivity index (χ3n) is 13.0. The maximum absolute atomic E-state index is 14.4. The summed E-state index contributed by atoms with van der Waals surface area (Å²) in [5, 5.41) is 5.47. The Kier molecular flexibility index (Phi) is 11.9. The molecule has 0 bridgehead atoms. The Hall–Kier alpha value is -6.68. The minimum Gasteiger partial charge on any atom is -0.488 e. The summed E-state index contributed by atoms with van der Waals surface area (Å²) in [6.07, 6.45) is 4.27. The van der Waals surface area contributed by atoms with Gasteiger partial charge in [-0.3, -0.25) is 9.59 Å². The number of carbonyl (C=O) groups excluding carboxylic acids is 4. The van der Waals surface area contributed by atoms with Gasteiger partial charge in [-0.15, -0.1) is 0 Å². The molecule has 2 fully saturated rings. The second-order valence-corrected chi connectivity index (χ2v) is 17.4. The molecule has 4 aliphatic rings. The summed E-state index contributed by atoms with van der Waals surface area (Å²) in [4.78, 5) is 73.3. The zero-order valence-corrected chi connectivity index (χ0v) is 36.7. The van der Waals surface area contributed by atoms with Crippen LogP contribution in [-0.2, 0) is 43.2 Å². The van der Waals surface area contributed by atoms with Crippen LogP contribution >= 0.6 is 0 Å². The molecule has 3 aromatic carbocycles. The van der Waals surface area contributed by atoms with Gasteiger partial charge in [0, 0.05) is 37.2 Å². The van der Waals surface area contributed by atoms with Gasteiger partial charge >= 0.3 is 12.2 Å². The standard InChI is InChI=1S/C48H54N8O8/c1-26(2)40(53-47(59)62-4)45(57)55-17-9-12-37(55)43-49-22-36(51-43)30-13-15-32-31(19-30)25-64-39-21-33-29(20-34(32)39)14-16-35-42(33)52-44(50-35)38-18-27(24-61-3)23-56(38)46(58)41(54-48(60)63-5)28-10-7-6-8-11-28/h6-8,10-11,13,15,19-22,26-27,37-38,40-41H,9,12,14,16-18,23-25H2,1-5H3,(H,49,51)(H,50,52)(H,53,59)(H,54,60)/t27-,37-,38-,40?,41+/m0/s1. The Labute approximate surface area is 371 Å². The molecule has 16 heteroatoms. The lowest BCUT2D eigenvalue weighted by Crippen LogP contribution is -2.51. The molecule has 0 spiro atoms. The number of benzene rings is 3. The molecular weight excluding hydrogens is 817 g/mol. The zero-order chi connectivity index (χ0) is 44.6. The van der Waals surface area contributed by atoms with Crippen molar-refractivity contribution in [2.45, 2.75) is 76.7 Å². The van der Waals surface area contributed by atoms with E-state index in [1.54, 1.807) is 7.11 Å². The molecule has 5 atom stereocenters. The number of hydrogen-bond donors (Lipinski definition) is 4. The van der Waals surface area contributed by atoms with Crippen LogP contribution in [0.15, 0.2) is 66.9 Å². The van der Waals surface area contributed by atoms with Gasteiger partial charge in [0.15, 0.2) is 0 Å². The van der Waals surface area contributed by atoms with Gasteiger partial charge in [-0.25, -0.2) is 19.6 Å². The number of amides is 4. The summed E-state index contributed by atoms with van der Waals surface area (Å²) in [5.41, 5.74) is 9.73. The third-order valence-corrected chi connectivity index (χ3v) is 13.0. The van der Waals surface area contributed by atoms with Gasteiger partial charge in [-0.2, -0.15) is 0 Å². The van der Waals surface area contributed by atoms with E-state index in [0.717, 1.165) is 76.3 Å². The Morgan fingerprint density at radius 2 is 1.64 bits per heavy atom. The van der Waals surface area contributed by atoms with Crippen molar-refractivity contribution in [3.8, 4) is 39.4 Å². The lowest BCUT2D eigenvalue weighted by atomic mass is 9.86. The number of aryl methyl sites for hydroxylation is 2. The summed E-state index contributed by atoms with van der Waals surface area (Å²) in [6.45, 7) is 5.70. The molecular formula is C48H54N8O8. The maximum Gasteiger partial charge on any atom is 0.407 e. The van der Waals surface area contributed by atoms with Crippen LogP contribution in [0.3, 0.4) is 0 Å². The highest BCUT2D eigenvalue weighted by atomic mass is 16.5. The molecule has 1 unspecified atom stereocenters. The van der Waals surface area contributed by atoms with Crippen molar-refractivity contribution in [2.24, 2.45) is 11.8 Å². The van der Waals surface area contributed by atoms with Crippen molar-refractivity contribution in [3.63, 3.8) is 0 Å². The largest absolute Gasteiger partial charge is 0.488 e. The van der Waals surface area contributed by atoms with Crippen LogP contribution in [0.5, 0.6) is 5.75 Å². The summed E-state index contributed by atoms with van der Waals surface area (Å²) in [7, 11) is 4.24. The number of nitrogens with one attached hydrogen (secondary N) is 4. The van der Waals surface area contributed by atoms with Gasteiger partial charge in [-0.05, 0) is 84.0 Å². The number of aromatic nitrogens is 4. The van der Waals surface area contributed by atoms with Gasteiger partial charge < -0.3 is 49.3 Å². The van der Waals surface area contributed by atoms with Crippen LogP contribution in [0.25, 0.3) is 33.6 Å². The first-order chi connectivity index (χ1) is 31.0. The number of rotatable bonds is 11. The van der Waals surface area contributed by atoms with Crippen LogP contribution in [0, 0.1) is 11.8 Å². The molecule has 16 nitrogen and oxygen atoms in total. The van der Waals surface area contributed by atoms with E-state index in [1.807, 2.05) is 60.2 Å². The number of fused-ring (bicyclic) bond motifs is 6. The number of imidazole rings is 2. The molecule has 0 saturated carbocycles. The number of ether oxygens (including phenoxy) is 4. The van der Waals surface area contributed by atoms with E-state index >= 15 is 0 Å². The highest BCUT2D eigenvalue weighted by Crippen LogP contribution is 2.46. The molecule has 2 saturated heterocycles. The Morgan fingerprint density at radius 1 is 0.844 bits per heavy atom. The SMILES string of the molecule is COC[C@H]1C[C@@H](c2nc3c([nH]2)-c2cc4c(cc2CC3)-c2ccc(-c3cnc([C@@H]5CCCN5C(=O)C(NC(=O)OC)C(C)C)[nH]3)cc2CO4)N(C(=O)[C@H](NC(=O)OC)c2ccccc2)C1. The first-order valence-electron chi connectivity index (χ1n) is 22.0. The number of carbonyl (C=O) groups is 4. The van der Waals surface area contributed by atoms with Crippen LogP contribution in [0.2, 0.25) is 0 Å². The monoisotopic (exact) mass is 870 g/mol. The number of likely N-dealkylation sites (tertiary alicyclic amines) is 2. The fourth-order valence-electron chi connectivity index (χ4n) is 9.84. The molecule has 5 aromatic rings. The van der Waals surface area contributed by atoms with E-state index < -0.39 is 24.3 Å². The molecule has 3 aliphatic heterocycles. The molecule has 64 heavy (non-hydrogen) atoms. The summed E-state index contributed by atoms with van der Waals surface area (Å²) in [6, 6.07) is 17.6. The molecule has 2 aromatic heterocycles. The number of aromatic amines is 2. The Balaban J connectivity index is 0.955.